The van der Waals surface area contributed by atoms with E-state index in [2.05, 4.69) is 23.3 Å². The lowest BCUT2D eigenvalue weighted by Crippen LogP contribution is -2.34. The molecule has 34 heavy (non-hydrogen) atoms. The van der Waals surface area contributed by atoms with Crippen LogP contribution in [0, 0.1) is 12.8 Å². The van der Waals surface area contributed by atoms with E-state index in [-0.39, 0.29) is 17.9 Å². The predicted molar refractivity (Wildman–Crippen MR) is 130 cm³/mol. The molecule has 1 N–H and O–H groups in total. The average Bonchev–Trinajstić information content (AvgIpc) is 3.53. The van der Waals surface area contributed by atoms with Crippen LogP contribution in [0.15, 0.2) is 60.8 Å². The molecule has 0 radical (unpaired) electrons. The monoisotopic (exact) mass is 451 g/mol. The fourth-order valence-corrected chi connectivity index (χ4v) is 4.87. The normalized spacial score (nSPS) is 16.1. The number of nitrogens with zero attached hydrogens (tertiary/aromatic N) is 4. The van der Waals surface area contributed by atoms with Crippen LogP contribution in [0.3, 0.4) is 0 Å². The van der Waals surface area contributed by atoms with Crippen molar-refractivity contribution in [3.05, 3.63) is 83.0 Å². The fraction of sp³-hybridized carbons (Fsp3) is 0.259. The van der Waals surface area contributed by atoms with Gasteiger partial charge in [0.05, 0.1) is 11.9 Å². The Kier molecular flexibility index (Phi) is 4.72. The maximum absolute atomic E-state index is 13.1. The summed E-state index contributed by atoms with van der Waals surface area (Å²) >= 11 is 0. The van der Waals surface area contributed by atoms with Crippen LogP contribution < -0.4 is 5.32 Å². The molecule has 1 aliphatic carbocycles. The summed E-state index contributed by atoms with van der Waals surface area (Å²) in [4.78, 5) is 32.0. The highest BCUT2D eigenvalue weighted by molar-refractivity contribution is 6.04. The second-order valence-electron chi connectivity index (χ2n) is 9.31. The summed E-state index contributed by atoms with van der Waals surface area (Å²) < 4.78 is 1.67. The molecule has 1 atom stereocenters. The topological polar surface area (TPSA) is 79.6 Å². The number of aryl methyl sites for hydroxylation is 1. The van der Waals surface area contributed by atoms with E-state index in [1.165, 1.54) is 12.8 Å². The number of hydrogen-bond acceptors (Lipinski definition) is 4. The Morgan fingerprint density at radius 3 is 2.68 bits per heavy atom. The zero-order valence-corrected chi connectivity index (χ0v) is 19.2. The first-order chi connectivity index (χ1) is 16.5. The Bertz CT molecular complexity index is 1440. The number of carbonyl (C=O) groups excluding carboxylic acids is 2. The minimum absolute atomic E-state index is 0.148. The molecular weight excluding hydrogens is 426 g/mol. The first-order valence-corrected chi connectivity index (χ1v) is 11.7. The number of benzene rings is 2. The van der Waals surface area contributed by atoms with Gasteiger partial charge in [0, 0.05) is 29.3 Å². The van der Waals surface area contributed by atoms with Gasteiger partial charge in [-0.15, -0.1) is 0 Å². The SMILES string of the molecule is Cc1cc(-c2ccc3nc(NC(=O)c4ccccc4)cn3n2)cc2c1C(=O)N([C@@H](C)C1CC1)C2. The number of hydrogen-bond donors (Lipinski definition) is 1. The summed E-state index contributed by atoms with van der Waals surface area (Å²) in [5.74, 6) is 1.02. The minimum atomic E-state index is -0.215. The van der Waals surface area contributed by atoms with E-state index in [1.54, 1.807) is 22.8 Å². The number of nitrogens with one attached hydrogen (secondary N) is 1. The molecule has 3 heterocycles. The molecular formula is C27H25N5O2. The Balaban J connectivity index is 1.28. The molecule has 1 aliphatic heterocycles. The van der Waals surface area contributed by atoms with Crippen LogP contribution in [-0.4, -0.2) is 37.4 Å². The zero-order valence-electron chi connectivity index (χ0n) is 19.2. The molecule has 0 saturated heterocycles. The van der Waals surface area contributed by atoms with Gasteiger partial charge in [0.25, 0.3) is 11.8 Å². The van der Waals surface area contributed by atoms with E-state index in [1.807, 2.05) is 48.2 Å². The summed E-state index contributed by atoms with van der Waals surface area (Å²) in [7, 11) is 0. The van der Waals surface area contributed by atoms with Crippen LogP contribution in [0.25, 0.3) is 16.9 Å². The molecule has 0 spiro atoms. The standard InChI is InChI=1S/C27H25N5O2/c1-16-12-20(13-21-14-31(27(34)25(16)21)17(2)18-8-9-18)22-10-11-24-28-23(15-32(24)30-22)29-26(33)19-6-4-3-5-7-19/h3-7,10-13,15,17-18H,8-9,14H2,1-2H3,(H,29,33)/t17-/m0/s1. The highest BCUT2D eigenvalue weighted by Gasteiger charge is 2.39. The van der Waals surface area contributed by atoms with Crippen molar-refractivity contribution in [2.24, 2.45) is 5.92 Å². The molecule has 1 saturated carbocycles. The van der Waals surface area contributed by atoms with E-state index in [9.17, 15) is 9.59 Å². The van der Waals surface area contributed by atoms with Crippen molar-refractivity contribution in [3.63, 3.8) is 0 Å². The number of imidazole rings is 1. The van der Waals surface area contributed by atoms with Crippen molar-refractivity contribution in [1.82, 2.24) is 19.5 Å². The Labute approximate surface area is 197 Å². The predicted octanol–water partition coefficient (Wildman–Crippen LogP) is 4.71. The second kappa shape index (κ2) is 7.80. The van der Waals surface area contributed by atoms with Gasteiger partial charge in [-0.1, -0.05) is 18.2 Å². The molecule has 7 heteroatoms. The summed E-state index contributed by atoms with van der Waals surface area (Å²) in [6, 6.07) is 17.2. The maximum atomic E-state index is 13.1. The Morgan fingerprint density at radius 2 is 1.91 bits per heavy atom. The average molecular weight is 452 g/mol. The lowest BCUT2D eigenvalue weighted by molar-refractivity contribution is 0.0697. The molecule has 170 valence electrons. The van der Waals surface area contributed by atoms with Crippen molar-refractivity contribution >= 4 is 23.3 Å². The summed E-state index contributed by atoms with van der Waals surface area (Å²) in [6.45, 7) is 4.82. The van der Waals surface area contributed by atoms with E-state index >= 15 is 0 Å². The number of fused-ring (bicyclic) bond motifs is 2. The molecule has 1 fully saturated rings. The zero-order chi connectivity index (χ0) is 23.4. The highest BCUT2D eigenvalue weighted by Crippen LogP contribution is 2.39. The van der Waals surface area contributed by atoms with Crippen LogP contribution in [-0.2, 0) is 6.54 Å². The van der Waals surface area contributed by atoms with Gasteiger partial charge in [0.15, 0.2) is 11.5 Å². The summed E-state index contributed by atoms with van der Waals surface area (Å²) in [5.41, 5.74) is 5.85. The van der Waals surface area contributed by atoms with Gasteiger partial charge in [-0.05, 0) is 80.1 Å². The molecule has 0 unspecified atom stereocenters. The molecule has 6 rings (SSSR count). The molecule has 0 bridgehead atoms. The summed E-state index contributed by atoms with van der Waals surface area (Å²) in [5, 5.41) is 7.56. The van der Waals surface area contributed by atoms with Gasteiger partial charge in [-0.3, -0.25) is 9.59 Å². The lowest BCUT2D eigenvalue weighted by Gasteiger charge is -2.24. The van der Waals surface area contributed by atoms with Gasteiger partial charge in [0.1, 0.15) is 0 Å². The van der Waals surface area contributed by atoms with Gasteiger partial charge in [-0.2, -0.15) is 5.10 Å². The Morgan fingerprint density at radius 1 is 1.12 bits per heavy atom. The number of rotatable bonds is 5. The van der Waals surface area contributed by atoms with Crippen LogP contribution in [0.1, 0.15) is 51.6 Å². The van der Waals surface area contributed by atoms with Crippen LogP contribution in [0.2, 0.25) is 0 Å². The maximum Gasteiger partial charge on any atom is 0.256 e. The number of aromatic nitrogens is 3. The molecule has 2 amide bonds. The van der Waals surface area contributed by atoms with Gasteiger partial charge in [-0.25, -0.2) is 9.50 Å². The van der Waals surface area contributed by atoms with Crippen molar-refractivity contribution < 1.29 is 9.59 Å². The smallest absolute Gasteiger partial charge is 0.256 e. The second-order valence-corrected chi connectivity index (χ2v) is 9.31. The van der Waals surface area contributed by atoms with Crippen molar-refractivity contribution in [2.45, 2.75) is 39.3 Å². The van der Waals surface area contributed by atoms with Gasteiger partial charge >= 0.3 is 0 Å². The largest absolute Gasteiger partial charge is 0.331 e. The third kappa shape index (κ3) is 3.53. The summed E-state index contributed by atoms with van der Waals surface area (Å²) in [6.07, 6.45) is 4.14. The van der Waals surface area contributed by atoms with E-state index in [4.69, 9.17) is 5.10 Å². The van der Waals surface area contributed by atoms with Crippen molar-refractivity contribution in [1.29, 1.82) is 0 Å². The van der Waals surface area contributed by atoms with Crippen LogP contribution in [0.5, 0.6) is 0 Å². The minimum Gasteiger partial charge on any atom is -0.331 e. The molecule has 2 aromatic heterocycles. The molecule has 4 aromatic rings. The molecule has 2 aromatic carbocycles. The van der Waals surface area contributed by atoms with Crippen molar-refractivity contribution in [2.75, 3.05) is 5.32 Å². The molecule has 2 aliphatic rings. The number of carbonyl (C=O) groups is 2. The van der Waals surface area contributed by atoms with Crippen LogP contribution >= 0.6 is 0 Å². The lowest BCUT2D eigenvalue weighted by atomic mass is 9.99. The first kappa shape index (κ1) is 20.6. The number of amides is 2. The quantitative estimate of drug-likeness (QED) is 0.477. The third-order valence-electron chi connectivity index (χ3n) is 6.92. The number of anilines is 1. The third-order valence-corrected chi connectivity index (χ3v) is 6.92. The van der Waals surface area contributed by atoms with Crippen LogP contribution in [0.4, 0.5) is 5.82 Å². The van der Waals surface area contributed by atoms with E-state index in [0.29, 0.717) is 29.5 Å². The van der Waals surface area contributed by atoms with Crippen molar-refractivity contribution in [3.8, 4) is 11.3 Å². The van der Waals surface area contributed by atoms with E-state index < -0.39 is 0 Å². The highest BCUT2D eigenvalue weighted by atomic mass is 16.2. The van der Waals surface area contributed by atoms with E-state index in [0.717, 1.165) is 27.9 Å². The first-order valence-electron chi connectivity index (χ1n) is 11.7. The fourth-order valence-electron chi connectivity index (χ4n) is 4.87. The molecule has 7 nitrogen and oxygen atoms in total. The Hall–Kier alpha value is -4.00. The van der Waals surface area contributed by atoms with Gasteiger partial charge in [0.2, 0.25) is 0 Å². The van der Waals surface area contributed by atoms with Gasteiger partial charge < -0.3 is 10.2 Å².